The summed E-state index contributed by atoms with van der Waals surface area (Å²) >= 11 is 1.54. The van der Waals surface area contributed by atoms with Crippen LogP contribution in [0.3, 0.4) is 0 Å². The summed E-state index contributed by atoms with van der Waals surface area (Å²) in [5.41, 5.74) is 7.43. The molecule has 1 aromatic heterocycles. The minimum absolute atomic E-state index is 0.0301. The Morgan fingerprint density at radius 1 is 1.90 bits per heavy atom. The molecule has 3 heteroatoms. The third-order valence-electron chi connectivity index (χ3n) is 1.15. The highest BCUT2D eigenvalue weighted by molar-refractivity contribution is 7.09. The second kappa shape index (κ2) is 3.35. The van der Waals surface area contributed by atoms with Crippen LogP contribution in [0.2, 0.25) is 0 Å². The molecule has 2 nitrogen and oxygen atoms in total. The van der Waals surface area contributed by atoms with Crippen LogP contribution < -0.4 is 5.73 Å². The fraction of sp³-hybridized carbons (Fsp3) is 0.286. The van der Waals surface area contributed by atoms with Crippen LogP contribution in [0.15, 0.2) is 11.7 Å². The molecule has 10 heavy (non-hydrogen) atoms. The van der Waals surface area contributed by atoms with Crippen molar-refractivity contribution in [3.05, 3.63) is 16.6 Å². The second-order valence-corrected chi connectivity index (χ2v) is 2.84. The van der Waals surface area contributed by atoms with Crippen molar-refractivity contribution < 1.29 is 0 Å². The number of hydrogen-bond donors (Lipinski definition) is 1. The Hall–Kier alpha value is -0.850. The monoisotopic (exact) mass is 152 g/mol. The molecule has 0 aromatic carbocycles. The Morgan fingerprint density at radius 3 is 3.20 bits per heavy atom. The maximum absolute atomic E-state index is 5.68. The smallest absolute Gasteiger partial charge is 0.0794 e. The van der Waals surface area contributed by atoms with Crippen molar-refractivity contribution in [3.8, 4) is 12.3 Å². The lowest BCUT2D eigenvalue weighted by Gasteiger charge is -2.01. The van der Waals surface area contributed by atoms with E-state index in [0.717, 1.165) is 4.88 Å². The van der Waals surface area contributed by atoms with Gasteiger partial charge in [0.1, 0.15) is 0 Å². The van der Waals surface area contributed by atoms with Crippen LogP contribution in [-0.2, 0) is 0 Å². The largest absolute Gasteiger partial charge is 0.322 e. The van der Waals surface area contributed by atoms with Crippen LogP contribution >= 0.6 is 11.3 Å². The van der Waals surface area contributed by atoms with Crippen molar-refractivity contribution in [2.75, 3.05) is 0 Å². The number of terminal acetylenes is 1. The molecule has 0 saturated heterocycles. The highest BCUT2D eigenvalue weighted by Crippen LogP contribution is 2.16. The quantitative estimate of drug-likeness (QED) is 0.646. The number of nitrogens with zero attached hydrogens (tertiary/aromatic N) is 1. The van der Waals surface area contributed by atoms with E-state index in [1.807, 2.05) is 0 Å². The molecule has 1 atom stereocenters. The standard InChI is InChI=1S/C7H8N2S/c1-2-3-6(8)7-4-9-5-10-7/h1,4-6H,3,8H2. The molecule has 1 heterocycles. The number of aromatic nitrogens is 1. The fourth-order valence-electron chi connectivity index (χ4n) is 0.636. The van der Waals surface area contributed by atoms with Gasteiger partial charge in [-0.15, -0.1) is 23.7 Å². The summed E-state index contributed by atoms with van der Waals surface area (Å²) in [5.74, 6) is 2.51. The maximum Gasteiger partial charge on any atom is 0.0794 e. The summed E-state index contributed by atoms with van der Waals surface area (Å²) in [6, 6.07) is -0.0301. The van der Waals surface area contributed by atoms with Gasteiger partial charge in [0.05, 0.1) is 11.6 Å². The van der Waals surface area contributed by atoms with E-state index in [-0.39, 0.29) is 6.04 Å². The molecule has 2 N–H and O–H groups in total. The summed E-state index contributed by atoms with van der Waals surface area (Å²) in [6.45, 7) is 0. The maximum atomic E-state index is 5.68. The van der Waals surface area contributed by atoms with Gasteiger partial charge in [-0.3, -0.25) is 4.98 Å². The van der Waals surface area contributed by atoms with Gasteiger partial charge in [0.15, 0.2) is 0 Å². The third kappa shape index (κ3) is 1.56. The van der Waals surface area contributed by atoms with E-state index in [2.05, 4.69) is 10.9 Å². The van der Waals surface area contributed by atoms with E-state index >= 15 is 0 Å². The predicted molar refractivity (Wildman–Crippen MR) is 42.5 cm³/mol. The van der Waals surface area contributed by atoms with E-state index in [9.17, 15) is 0 Å². The van der Waals surface area contributed by atoms with Gasteiger partial charge in [-0.2, -0.15) is 0 Å². The Kier molecular flexibility index (Phi) is 2.43. The predicted octanol–water partition coefficient (Wildman–Crippen LogP) is 1.17. The molecule has 0 saturated carbocycles. The molecule has 1 unspecified atom stereocenters. The molecule has 0 spiro atoms. The van der Waals surface area contributed by atoms with Crippen LogP contribution in [-0.4, -0.2) is 4.98 Å². The molecule has 0 amide bonds. The Balaban J connectivity index is 2.61. The zero-order valence-electron chi connectivity index (χ0n) is 5.45. The molecular formula is C7H8N2S. The lowest BCUT2D eigenvalue weighted by molar-refractivity contribution is 0.769. The zero-order chi connectivity index (χ0) is 7.40. The number of nitrogens with two attached hydrogens (primary N) is 1. The molecular weight excluding hydrogens is 144 g/mol. The van der Waals surface area contributed by atoms with Gasteiger partial charge < -0.3 is 5.73 Å². The van der Waals surface area contributed by atoms with E-state index < -0.39 is 0 Å². The first-order chi connectivity index (χ1) is 4.84. The Morgan fingerprint density at radius 2 is 2.70 bits per heavy atom. The first-order valence-corrected chi connectivity index (χ1v) is 3.80. The summed E-state index contributed by atoms with van der Waals surface area (Å²) in [6.07, 6.45) is 7.43. The summed E-state index contributed by atoms with van der Waals surface area (Å²) in [7, 11) is 0. The molecule has 0 fully saturated rings. The van der Waals surface area contributed by atoms with Gasteiger partial charge in [0.2, 0.25) is 0 Å². The molecule has 0 aliphatic heterocycles. The van der Waals surface area contributed by atoms with Crippen LogP contribution in [0.5, 0.6) is 0 Å². The first-order valence-electron chi connectivity index (χ1n) is 2.92. The van der Waals surface area contributed by atoms with Crippen molar-refractivity contribution in [1.82, 2.24) is 4.98 Å². The Bertz CT molecular complexity index is 222. The van der Waals surface area contributed by atoms with Gasteiger partial charge in [-0.05, 0) is 0 Å². The number of rotatable bonds is 2. The van der Waals surface area contributed by atoms with Crippen LogP contribution in [0, 0.1) is 12.3 Å². The summed E-state index contributed by atoms with van der Waals surface area (Å²) in [5, 5.41) is 0. The van der Waals surface area contributed by atoms with Crippen molar-refractivity contribution in [2.24, 2.45) is 5.73 Å². The van der Waals surface area contributed by atoms with Crippen LogP contribution in [0.25, 0.3) is 0 Å². The fourth-order valence-corrected chi connectivity index (χ4v) is 1.26. The van der Waals surface area contributed by atoms with Gasteiger partial charge in [0.25, 0.3) is 0 Å². The minimum Gasteiger partial charge on any atom is -0.322 e. The summed E-state index contributed by atoms with van der Waals surface area (Å²) in [4.78, 5) is 4.95. The molecule has 0 bridgehead atoms. The molecule has 1 aromatic rings. The number of hydrogen-bond acceptors (Lipinski definition) is 3. The van der Waals surface area contributed by atoms with E-state index in [1.54, 1.807) is 11.7 Å². The third-order valence-corrected chi connectivity index (χ3v) is 2.06. The van der Waals surface area contributed by atoms with E-state index in [4.69, 9.17) is 12.2 Å². The van der Waals surface area contributed by atoms with Gasteiger partial charge in [-0.1, -0.05) is 0 Å². The SMILES string of the molecule is C#CCC(N)c1cncs1. The van der Waals surface area contributed by atoms with Crippen LogP contribution in [0.4, 0.5) is 0 Å². The van der Waals surface area contributed by atoms with Crippen molar-refractivity contribution >= 4 is 11.3 Å². The van der Waals surface area contributed by atoms with Crippen molar-refractivity contribution in [3.63, 3.8) is 0 Å². The Labute approximate surface area is 64.1 Å². The average Bonchev–Trinajstić information content (AvgIpc) is 2.38. The van der Waals surface area contributed by atoms with Gasteiger partial charge in [0, 0.05) is 17.5 Å². The molecule has 0 aliphatic carbocycles. The average molecular weight is 152 g/mol. The first kappa shape index (κ1) is 7.26. The van der Waals surface area contributed by atoms with E-state index in [0.29, 0.717) is 6.42 Å². The summed E-state index contributed by atoms with van der Waals surface area (Å²) < 4.78 is 0. The zero-order valence-corrected chi connectivity index (χ0v) is 6.27. The lowest BCUT2D eigenvalue weighted by atomic mass is 10.2. The second-order valence-electron chi connectivity index (χ2n) is 1.92. The molecule has 1 rings (SSSR count). The molecule has 0 radical (unpaired) electrons. The minimum atomic E-state index is -0.0301. The molecule has 52 valence electrons. The van der Waals surface area contributed by atoms with Crippen molar-refractivity contribution in [1.29, 1.82) is 0 Å². The number of thiazole rings is 1. The molecule has 0 aliphatic rings. The van der Waals surface area contributed by atoms with E-state index in [1.165, 1.54) is 11.3 Å². The topological polar surface area (TPSA) is 38.9 Å². The van der Waals surface area contributed by atoms with Crippen molar-refractivity contribution in [2.45, 2.75) is 12.5 Å². The lowest BCUT2D eigenvalue weighted by Crippen LogP contribution is -2.06. The normalized spacial score (nSPS) is 12.4. The highest BCUT2D eigenvalue weighted by Gasteiger charge is 2.03. The highest BCUT2D eigenvalue weighted by atomic mass is 32.1. The van der Waals surface area contributed by atoms with Crippen LogP contribution in [0.1, 0.15) is 17.3 Å². The van der Waals surface area contributed by atoms with Gasteiger partial charge in [-0.25, -0.2) is 0 Å². The van der Waals surface area contributed by atoms with Gasteiger partial charge >= 0.3 is 0 Å².